The zero-order valence-electron chi connectivity index (χ0n) is 27.9. The molecule has 0 aromatic heterocycles. The Morgan fingerprint density at radius 2 is 1.55 bits per heavy atom. The van der Waals surface area contributed by atoms with E-state index in [-0.39, 0.29) is 29.8 Å². The molecule has 256 valence electrons. The van der Waals surface area contributed by atoms with Crippen LogP contribution in [0.3, 0.4) is 0 Å². The average molecular weight is 682 g/mol. The van der Waals surface area contributed by atoms with Crippen molar-refractivity contribution in [2.45, 2.75) is 38.0 Å². The number of carbonyl (C=O) groups is 5. The molecular weight excluding hydrogens is 646 g/mol. The number of phenolic OH excluding ortho intramolecular Hbond substituents is 1. The predicted octanol–water partition coefficient (Wildman–Crippen LogP) is 5.90. The molecule has 51 heavy (non-hydrogen) atoms. The molecule has 10 heteroatoms. The molecule has 4 aliphatic rings. The Kier molecular flexibility index (Phi) is 7.44. The number of hydrogen-bond donors (Lipinski definition) is 3. The van der Waals surface area contributed by atoms with Gasteiger partial charge in [-0.3, -0.25) is 29.5 Å². The number of nitrogens with zero attached hydrogens (tertiary/aromatic N) is 2. The van der Waals surface area contributed by atoms with E-state index >= 15 is 4.79 Å². The summed E-state index contributed by atoms with van der Waals surface area (Å²) in [6.45, 7) is 3.71. The van der Waals surface area contributed by atoms with E-state index in [0.29, 0.717) is 22.4 Å². The van der Waals surface area contributed by atoms with Gasteiger partial charge < -0.3 is 10.2 Å². The number of amides is 4. The summed E-state index contributed by atoms with van der Waals surface area (Å²) in [6.07, 6.45) is 2.22. The second-order valence-electron chi connectivity index (χ2n) is 14.0. The standard InChI is InChI=1S/C41H35N3O7/c1-22-14-16-26(17-15-22)42-44-37(47)32-21-31-28(18-19-29-33(31)38(48)43(36(29)46)27-12-7-9-24(20-27)39(49)50)34(30-13-6-8-23(2)35(30)45)41(32,40(44)51)25-10-4-3-5-11-25/h3-18,20,29,31-34,42,45H,19,21H2,1-2H3,(H,49,50). The van der Waals surface area contributed by atoms with E-state index in [1.807, 2.05) is 55.5 Å². The second-order valence-corrected chi connectivity index (χ2v) is 14.0. The number of hydrogen-bond acceptors (Lipinski definition) is 7. The summed E-state index contributed by atoms with van der Waals surface area (Å²) in [7, 11) is 0. The van der Waals surface area contributed by atoms with Crippen LogP contribution in [0.5, 0.6) is 5.75 Å². The molecule has 2 aliphatic carbocycles. The van der Waals surface area contributed by atoms with Crippen LogP contribution in [0.15, 0.2) is 109 Å². The lowest BCUT2D eigenvalue weighted by Gasteiger charge is -2.50. The van der Waals surface area contributed by atoms with Gasteiger partial charge in [0.05, 0.1) is 40.1 Å². The minimum Gasteiger partial charge on any atom is -0.507 e. The first kappa shape index (κ1) is 32.2. The number of imide groups is 2. The Morgan fingerprint density at radius 1 is 0.824 bits per heavy atom. The van der Waals surface area contributed by atoms with Crippen molar-refractivity contribution in [3.05, 3.63) is 137 Å². The number of allylic oxidation sites excluding steroid dienone is 2. The van der Waals surface area contributed by atoms with Crippen molar-refractivity contribution < 1.29 is 34.2 Å². The number of aryl methyl sites for hydroxylation is 2. The van der Waals surface area contributed by atoms with Crippen LogP contribution in [0, 0.1) is 37.5 Å². The summed E-state index contributed by atoms with van der Waals surface area (Å²) in [5.74, 6) is -7.12. The van der Waals surface area contributed by atoms with Crippen molar-refractivity contribution >= 4 is 41.0 Å². The number of rotatable bonds is 6. The number of benzene rings is 4. The minimum atomic E-state index is -1.50. The van der Waals surface area contributed by atoms with Crippen molar-refractivity contribution in [1.29, 1.82) is 0 Å². The van der Waals surface area contributed by atoms with E-state index in [1.165, 1.54) is 24.3 Å². The van der Waals surface area contributed by atoms with Crippen LogP contribution in [0.2, 0.25) is 0 Å². The van der Waals surface area contributed by atoms with Gasteiger partial charge in [0.1, 0.15) is 5.75 Å². The summed E-state index contributed by atoms with van der Waals surface area (Å²) in [5, 5.41) is 22.4. The highest BCUT2D eigenvalue weighted by molar-refractivity contribution is 6.23. The average Bonchev–Trinajstić information content (AvgIpc) is 3.51. The van der Waals surface area contributed by atoms with Crippen LogP contribution in [-0.4, -0.2) is 44.8 Å². The highest BCUT2D eigenvalue weighted by Gasteiger charge is 2.70. The van der Waals surface area contributed by atoms with Gasteiger partial charge in [-0.05, 0) is 74.1 Å². The molecule has 10 nitrogen and oxygen atoms in total. The Morgan fingerprint density at radius 3 is 2.27 bits per heavy atom. The third-order valence-corrected chi connectivity index (χ3v) is 11.3. The number of aromatic hydroxyl groups is 1. The van der Waals surface area contributed by atoms with E-state index < -0.39 is 64.6 Å². The van der Waals surface area contributed by atoms with Gasteiger partial charge in [0.25, 0.3) is 11.8 Å². The van der Waals surface area contributed by atoms with Gasteiger partial charge in [-0.1, -0.05) is 83.9 Å². The lowest BCUT2D eigenvalue weighted by atomic mass is 9.49. The monoisotopic (exact) mass is 681 g/mol. The van der Waals surface area contributed by atoms with E-state index in [9.17, 15) is 29.4 Å². The third kappa shape index (κ3) is 4.66. The fourth-order valence-electron chi connectivity index (χ4n) is 9.04. The van der Waals surface area contributed by atoms with Crippen molar-refractivity contribution in [1.82, 2.24) is 5.01 Å². The molecular formula is C41H35N3O7. The number of fused-ring (bicyclic) bond motifs is 4. The second kappa shape index (κ2) is 11.8. The van der Waals surface area contributed by atoms with E-state index in [4.69, 9.17) is 0 Å². The molecule has 3 N–H and O–H groups in total. The van der Waals surface area contributed by atoms with Crippen molar-refractivity contribution in [2.24, 2.45) is 23.7 Å². The summed E-state index contributed by atoms with van der Waals surface area (Å²) in [6, 6.07) is 27.6. The number of para-hydroxylation sites is 1. The zero-order valence-corrected chi connectivity index (χ0v) is 27.9. The molecule has 4 amide bonds. The molecule has 0 radical (unpaired) electrons. The summed E-state index contributed by atoms with van der Waals surface area (Å²) < 4.78 is 0. The van der Waals surface area contributed by atoms with Crippen LogP contribution in [0.25, 0.3) is 0 Å². The van der Waals surface area contributed by atoms with Crippen LogP contribution in [0.1, 0.15) is 51.4 Å². The van der Waals surface area contributed by atoms with Crippen LogP contribution in [0.4, 0.5) is 11.4 Å². The fourth-order valence-corrected chi connectivity index (χ4v) is 9.04. The van der Waals surface area contributed by atoms with Gasteiger partial charge in [-0.25, -0.2) is 4.79 Å². The maximum atomic E-state index is 15.2. The number of carboxylic acids is 1. The summed E-state index contributed by atoms with van der Waals surface area (Å²) in [5.41, 5.74) is 5.62. The molecule has 2 saturated heterocycles. The van der Waals surface area contributed by atoms with Gasteiger partial charge >= 0.3 is 5.97 Å². The van der Waals surface area contributed by atoms with Crippen molar-refractivity contribution in [3.8, 4) is 5.75 Å². The SMILES string of the molecule is Cc1ccc(NN2C(=O)C3CC4C(=CCC5C(=O)N(c6cccc(C(=O)O)c6)C(=O)C54)C(c4cccc(C)c4O)C3(c3ccccc3)C2=O)cc1. The third-order valence-electron chi connectivity index (χ3n) is 11.3. The van der Waals surface area contributed by atoms with Gasteiger partial charge in [0.2, 0.25) is 11.8 Å². The molecule has 1 saturated carbocycles. The Labute approximate surface area is 294 Å². The Bertz CT molecular complexity index is 2180. The largest absolute Gasteiger partial charge is 0.507 e. The number of nitrogens with one attached hydrogen (secondary N) is 1. The maximum absolute atomic E-state index is 15.2. The molecule has 0 bridgehead atoms. The van der Waals surface area contributed by atoms with Crippen LogP contribution in [-0.2, 0) is 24.6 Å². The van der Waals surface area contributed by atoms with Crippen LogP contribution < -0.4 is 10.3 Å². The van der Waals surface area contributed by atoms with E-state index in [1.54, 1.807) is 37.3 Å². The molecule has 6 unspecified atom stereocenters. The normalized spacial score (nSPS) is 26.8. The fraction of sp³-hybridized carbons (Fsp3) is 0.244. The molecule has 8 rings (SSSR count). The number of carboxylic acid groups (broad SMARTS) is 1. The number of phenols is 1. The van der Waals surface area contributed by atoms with Gasteiger partial charge in [0, 0.05) is 11.5 Å². The van der Waals surface area contributed by atoms with E-state index in [2.05, 4.69) is 5.43 Å². The highest BCUT2D eigenvalue weighted by atomic mass is 16.4. The van der Waals surface area contributed by atoms with Crippen molar-refractivity contribution in [3.63, 3.8) is 0 Å². The maximum Gasteiger partial charge on any atom is 0.335 e. The van der Waals surface area contributed by atoms with E-state index in [0.717, 1.165) is 21.0 Å². The molecule has 2 heterocycles. The molecule has 4 aromatic carbocycles. The molecule has 4 aromatic rings. The van der Waals surface area contributed by atoms with Crippen molar-refractivity contribution in [2.75, 3.05) is 10.3 Å². The van der Waals surface area contributed by atoms with Gasteiger partial charge in [-0.15, -0.1) is 0 Å². The number of anilines is 2. The Hall–Kier alpha value is -6.03. The lowest BCUT2D eigenvalue weighted by Crippen LogP contribution is -2.53. The van der Waals surface area contributed by atoms with Gasteiger partial charge in [-0.2, -0.15) is 5.01 Å². The first-order valence-electron chi connectivity index (χ1n) is 17.0. The topological polar surface area (TPSA) is 144 Å². The highest BCUT2D eigenvalue weighted by Crippen LogP contribution is 2.65. The smallest absolute Gasteiger partial charge is 0.335 e. The molecule has 6 atom stereocenters. The number of carbonyl (C=O) groups excluding carboxylic acids is 4. The number of aromatic carboxylic acids is 1. The first-order valence-corrected chi connectivity index (χ1v) is 17.0. The number of hydrazine groups is 1. The summed E-state index contributed by atoms with van der Waals surface area (Å²) in [4.78, 5) is 71.3. The van der Waals surface area contributed by atoms with Gasteiger partial charge in [0.15, 0.2) is 0 Å². The minimum absolute atomic E-state index is 0.00800. The zero-order chi connectivity index (χ0) is 35.8. The molecule has 2 aliphatic heterocycles. The first-order chi connectivity index (χ1) is 24.5. The van der Waals surface area contributed by atoms with Crippen LogP contribution >= 0.6 is 0 Å². The molecule has 0 spiro atoms. The molecule has 3 fully saturated rings. The summed E-state index contributed by atoms with van der Waals surface area (Å²) >= 11 is 0. The lowest BCUT2D eigenvalue weighted by molar-refractivity contribution is -0.138. The predicted molar refractivity (Wildman–Crippen MR) is 188 cm³/mol. The Balaban J connectivity index is 1.31. The quantitative estimate of drug-likeness (QED) is 0.169.